The van der Waals surface area contributed by atoms with E-state index >= 15 is 0 Å². The molecule has 0 bridgehead atoms. The zero-order valence-corrected chi connectivity index (χ0v) is 17.2. The molecule has 0 unspecified atom stereocenters. The highest BCUT2D eigenvalue weighted by atomic mass is 35.5. The van der Waals surface area contributed by atoms with Gasteiger partial charge in [0.2, 0.25) is 0 Å². The Morgan fingerprint density at radius 3 is 2.48 bits per heavy atom. The SMILES string of the molecule is Cc1ccc(NC(=S)NNC(=O)c2ccc(OCCC(C)C)cc2)cc1Cl. The van der Waals surface area contributed by atoms with E-state index in [4.69, 9.17) is 28.6 Å². The van der Waals surface area contributed by atoms with Crippen molar-refractivity contribution in [1.82, 2.24) is 10.9 Å². The molecule has 0 radical (unpaired) electrons. The number of aryl methyl sites for hydroxylation is 1. The Hall–Kier alpha value is -2.31. The number of rotatable bonds is 6. The first-order valence-corrected chi connectivity index (χ1v) is 9.50. The van der Waals surface area contributed by atoms with Crippen LogP contribution in [-0.4, -0.2) is 17.6 Å². The Morgan fingerprint density at radius 2 is 1.85 bits per heavy atom. The molecular weight excluding hydrogens is 382 g/mol. The van der Waals surface area contributed by atoms with E-state index in [0.717, 1.165) is 23.4 Å². The van der Waals surface area contributed by atoms with Crippen molar-refractivity contribution >= 4 is 40.5 Å². The van der Waals surface area contributed by atoms with Crippen LogP contribution < -0.4 is 20.9 Å². The molecule has 27 heavy (non-hydrogen) atoms. The van der Waals surface area contributed by atoms with Gasteiger partial charge >= 0.3 is 0 Å². The van der Waals surface area contributed by atoms with Gasteiger partial charge in [0.25, 0.3) is 5.91 Å². The summed E-state index contributed by atoms with van der Waals surface area (Å²) in [5, 5.41) is 3.86. The third kappa shape index (κ3) is 7.07. The highest BCUT2D eigenvalue weighted by Crippen LogP contribution is 2.19. The van der Waals surface area contributed by atoms with Crippen molar-refractivity contribution in [2.24, 2.45) is 5.92 Å². The van der Waals surface area contributed by atoms with Crippen LogP contribution in [0.2, 0.25) is 5.02 Å². The van der Waals surface area contributed by atoms with Crippen molar-refractivity contribution in [3.63, 3.8) is 0 Å². The van der Waals surface area contributed by atoms with Gasteiger partial charge in [0, 0.05) is 16.3 Å². The normalized spacial score (nSPS) is 10.4. The number of thiocarbonyl (C=S) groups is 1. The Balaban J connectivity index is 1.80. The molecule has 0 atom stereocenters. The zero-order chi connectivity index (χ0) is 19.8. The Labute approximate surface area is 170 Å². The summed E-state index contributed by atoms with van der Waals surface area (Å²) in [6, 6.07) is 12.5. The van der Waals surface area contributed by atoms with Crippen molar-refractivity contribution in [2.75, 3.05) is 11.9 Å². The van der Waals surface area contributed by atoms with E-state index in [0.29, 0.717) is 23.1 Å². The summed E-state index contributed by atoms with van der Waals surface area (Å²) in [5.41, 5.74) is 7.44. The molecule has 0 aliphatic heterocycles. The van der Waals surface area contributed by atoms with Crippen molar-refractivity contribution < 1.29 is 9.53 Å². The smallest absolute Gasteiger partial charge is 0.269 e. The largest absolute Gasteiger partial charge is 0.494 e. The molecule has 0 spiro atoms. The molecule has 0 aliphatic carbocycles. The molecule has 2 aromatic rings. The number of anilines is 1. The molecule has 2 rings (SSSR count). The molecule has 0 heterocycles. The average Bonchev–Trinajstić information content (AvgIpc) is 2.63. The maximum atomic E-state index is 12.2. The molecule has 0 aromatic heterocycles. The predicted molar refractivity (Wildman–Crippen MR) is 114 cm³/mol. The number of ether oxygens (including phenoxy) is 1. The van der Waals surface area contributed by atoms with E-state index < -0.39 is 0 Å². The fraction of sp³-hybridized carbons (Fsp3) is 0.300. The third-order valence-corrected chi connectivity index (χ3v) is 4.41. The lowest BCUT2D eigenvalue weighted by Crippen LogP contribution is -2.43. The maximum absolute atomic E-state index is 12.2. The van der Waals surface area contributed by atoms with Crippen LogP contribution in [0.3, 0.4) is 0 Å². The molecule has 7 heteroatoms. The van der Waals surface area contributed by atoms with Crippen molar-refractivity contribution in [2.45, 2.75) is 27.2 Å². The second-order valence-corrected chi connectivity index (χ2v) is 7.37. The van der Waals surface area contributed by atoms with Crippen molar-refractivity contribution in [1.29, 1.82) is 0 Å². The second-order valence-electron chi connectivity index (χ2n) is 6.55. The van der Waals surface area contributed by atoms with Gasteiger partial charge in [-0.25, -0.2) is 0 Å². The lowest BCUT2D eigenvalue weighted by atomic mass is 10.1. The maximum Gasteiger partial charge on any atom is 0.269 e. The lowest BCUT2D eigenvalue weighted by Gasteiger charge is -2.13. The molecule has 5 nitrogen and oxygen atoms in total. The van der Waals surface area contributed by atoms with Gasteiger partial charge in [-0.1, -0.05) is 31.5 Å². The lowest BCUT2D eigenvalue weighted by molar-refractivity contribution is 0.0944. The van der Waals surface area contributed by atoms with E-state index in [1.54, 1.807) is 30.3 Å². The third-order valence-electron chi connectivity index (χ3n) is 3.80. The van der Waals surface area contributed by atoms with Crippen LogP contribution in [0, 0.1) is 12.8 Å². The van der Waals surface area contributed by atoms with Crippen LogP contribution in [0.5, 0.6) is 5.75 Å². The van der Waals surface area contributed by atoms with Gasteiger partial charge < -0.3 is 10.1 Å². The Morgan fingerprint density at radius 1 is 1.15 bits per heavy atom. The van der Waals surface area contributed by atoms with E-state index in [1.165, 1.54) is 0 Å². The van der Waals surface area contributed by atoms with Gasteiger partial charge in [-0.3, -0.25) is 15.6 Å². The number of hydrazine groups is 1. The van der Waals surface area contributed by atoms with Crippen molar-refractivity contribution in [3.05, 3.63) is 58.6 Å². The number of nitrogens with one attached hydrogen (secondary N) is 3. The molecule has 0 saturated carbocycles. The molecular formula is C20H24ClN3O2S. The van der Waals surface area contributed by atoms with Gasteiger partial charge in [-0.05, 0) is 73.4 Å². The Bertz CT molecular complexity index is 794. The molecule has 2 aromatic carbocycles. The predicted octanol–water partition coefficient (Wildman–Crippen LogP) is 4.70. The van der Waals surface area contributed by atoms with E-state index in [1.807, 2.05) is 19.1 Å². The molecule has 0 fully saturated rings. The molecule has 0 aliphatic rings. The van der Waals surface area contributed by atoms with Crippen LogP contribution in [-0.2, 0) is 0 Å². The van der Waals surface area contributed by atoms with E-state index in [2.05, 4.69) is 30.0 Å². The fourth-order valence-corrected chi connectivity index (χ4v) is 2.48. The fourth-order valence-electron chi connectivity index (χ4n) is 2.13. The summed E-state index contributed by atoms with van der Waals surface area (Å²) >= 11 is 11.3. The number of halogens is 1. The summed E-state index contributed by atoms with van der Waals surface area (Å²) in [5.74, 6) is 1.04. The van der Waals surface area contributed by atoms with Gasteiger partial charge in [0.15, 0.2) is 5.11 Å². The minimum atomic E-state index is -0.296. The first-order chi connectivity index (χ1) is 12.8. The van der Waals surface area contributed by atoms with Gasteiger partial charge in [0.05, 0.1) is 6.61 Å². The van der Waals surface area contributed by atoms with Gasteiger partial charge in [-0.2, -0.15) is 0 Å². The van der Waals surface area contributed by atoms with Crippen molar-refractivity contribution in [3.8, 4) is 5.75 Å². The summed E-state index contributed by atoms with van der Waals surface area (Å²) in [6.07, 6.45) is 0.989. The number of hydrogen-bond donors (Lipinski definition) is 3. The topological polar surface area (TPSA) is 62.4 Å². The first-order valence-electron chi connectivity index (χ1n) is 8.71. The quantitative estimate of drug-likeness (QED) is 0.480. The monoisotopic (exact) mass is 405 g/mol. The highest BCUT2D eigenvalue weighted by Gasteiger charge is 2.07. The van der Waals surface area contributed by atoms with Gasteiger partial charge in [-0.15, -0.1) is 0 Å². The summed E-state index contributed by atoms with van der Waals surface area (Å²) < 4.78 is 5.65. The standard InChI is InChI=1S/C20H24ClN3O2S/c1-13(2)10-11-26-17-8-5-15(6-9-17)19(25)23-24-20(27)22-16-7-4-14(3)18(21)12-16/h4-9,12-13H,10-11H2,1-3H3,(H,23,25)(H2,22,24,27). The number of carbonyl (C=O) groups is 1. The first kappa shape index (κ1) is 21.0. The summed E-state index contributed by atoms with van der Waals surface area (Å²) in [6.45, 7) is 6.88. The number of amides is 1. The van der Waals surface area contributed by atoms with Gasteiger partial charge in [0.1, 0.15) is 5.75 Å². The molecule has 3 N–H and O–H groups in total. The van der Waals surface area contributed by atoms with Crippen LogP contribution in [0.4, 0.5) is 5.69 Å². The minimum Gasteiger partial charge on any atom is -0.494 e. The molecule has 144 valence electrons. The molecule has 1 amide bonds. The van der Waals surface area contributed by atoms with E-state index in [9.17, 15) is 4.79 Å². The van der Waals surface area contributed by atoms with Crippen LogP contribution in [0.25, 0.3) is 0 Å². The molecule has 0 saturated heterocycles. The minimum absolute atomic E-state index is 0.261. The average molecular weight is 406 g/mol. The van der Waals surface area contributed by atoms with Crippen LogP contribution >= 0.6 is 23.8 Å². The Kier molecular flexibility index (Phi) is 7.88. The number of carbonyl (C=O) groups excluding carboxylic acids is 1. The summed E-state index contributed by atoms with van der Waals surface area (Å²) in [4.78, 5) is 12.2. The summed E-state index contributed by atoms with van der Waals surface area (Å²) in [7, 11) is 0. The number of benzene rings is 2. The highest BCUT2D eigenvalue weighted by molar-refractivity contribution is 7.80. The zero-order valence-electron chi connectivity index (χ0n) is 15.6. The number of hydrogen-bond acceptors (Lipinski definition) is 3. The van der Waals surface area contributed by atoms with Crippen LogP contribution in [0.1, 0.15) is 36.2 Å². The van der Waals surface area contributed by atoms with Crippen LogP contribution in [0.15, 0.2) is 42.5 Å². The van der Waals surface area contributed by atoms with E-state index in [-0.39, 0.29) is 11.0 Å². The second kappa shape index (κ2) is 10.1.